The lowest BCUT2D eigenvalue weighted by Gasteiger charge is -2.06. The summed E-state index contributed by atoms with van der Waals surface area (Å²) < 4.78 is 26.1. The Balaban J connectivity index is 1.96. The van der Waals surface area contributed by atoms with Crippen LogP contribution in [0, 0.1) is 0 Å². The zero-order valence-corrected chi connectivity index (χ0v) is 14.0. The maximum atomic E-state index is 12.5. The predicted octanol–water partition coefficient (Wildman–Crippen LogP) is 4.95. The Bertz CT molecular complexity index is 869. The van der Waals surface area contributed by atoms with Crippen LogP contribution in [-0.4, -0.2) is 8.42 Å². The van der Waals surface area contributed by atoms with Gasteiger partial charge in [-0.3, -0.25) is 0 Å². The van der Waals surface area contributed by atoms with E-state index in [1.165, 1.54) is 0 Å². The minimum Gasteiger partial charge on any atom is -0.219 e. The van der Waals surface area contributed by atoms with Crippen molar-refractivity contribution in [3.05, 3.63) is 83.3 Å². The number of sulfone groups is 1. The van der Waals surface area contributed by atoms with Gasteiger partial charge < -0.3 is 0 Å². The second-order valence-corrected chi connectivity index (χ2v) is 7.71. The number of hydrogen-bond acceptors (Lipinski definition) is 2. The molecule has 0 heterocycles. The Morgan fingerprint density at radius 3 is 1.59 bits per heavy atom. The van der Waals surface area contributed by atoms with Crippen LogP contribution in [0.5, 0.6) is 0 Å². The second-order valence-electron chi connectivity index (χ2n) is 4.85. The van der Waals surface area contributed by atoms with E-state index < -0.39 is 9.84 Å². The summed E-state index contributed by atoms with van der Waals surface area (Å²) in [6.07, 6.45) is 0. The first-order valence-corrected chi connectivity index (χ1v) is 9.01. The third-order valence-corrected chi connectivity index (χ3v) is 5.71. The van der Waals surface area contributed by atoms with Crippen molar-refractivity contribution in [1.29, 1.82) is 0 Å². The molecule has 0 bridgehead atoms. The summed E-state index contributed by atoms with van der Waals surface area (Å²) in [6, 6.07) is 23.3. The maximum absolute atomic E-state index is 12.5. The lowest BCUT2D eigenvalue weighted by Crippen LogP contribution is -2.01. The highest BCUT2D eigenvalue weighted by Gasteiger charge is 2.16. The quantitative estimate of drug-likeness (QED) is 0.651. The van der Waals surface area contributed by atoms with E-state index in [-0.39, 0.29) is 0 Å². The molecular weight excluding hydrogens is 360 g/mol. The molecule has 0 unspecified atom stereocenters. The van der Waals surface area contributed by atoms with Gasteiger partial charge in [0, 0.05) is 4.47 Å². The van der Waals surface area contributed by atoms with Crippen LogP contribution in [0.3, 0.4) is 0 Å². The summed E-state index contributed by atoms with van der Waals surface area (Å²) in [4.78, 5) is 0.617. The Labute approximate surface area is 138 Å². The van der Waals surface area contributed by atoms with E-state index in [2.05, 4.69) is 15.9 Å². The fraction of sp³-hybridized carbons (Fsp3) is 0. The summed E-state index contributed by atoms with van der Waals surface area (Å²) in [5, 5.41) is 0. The van der Waals surface area contributed by atoms with Crippen molar-refractivity contribution in [3.8, 4) is 11.1 Å². The number of benzene rings is 3. The molecule has 0 aliphatic carbocycles. The predicted molar refractivity (Wildman–Crippen MR) is 91.5 cm³/mol. The van der Waals surface area contributed by atoms with E-state index in [0.717, 1.165) is 15.6 Å². The average molecular weight is 373 g/mol. The maximum Gasteiger partial charge on any atom is 0.206 e. The van der Waals surface area contributed by atoms with Gasteiger partial charge in [-0.2, -0.15) is 0 Å². The molecule has 0 radical (unpaired) electrons. The van der Waals surface area contributed by atoms with Crippen molar-refractivity contribution >= 4 is 25.8 Å². The SMILES string of the molecule is O=S(=O)(c1ccccc1)c1ccc(-c2ccc(Br)cc2)cc1. The Morgan fingerprint density at radius 1 is 0.591 bits per heavy atom. The number of rotatable bonds is 3. The van der Waals surface area contributed by atoms with Crippen molar-refractivity contribution in [1.82, 2.24) is 0 Å². The third kappa shape index (κ3) is 2.98. The highest BCUT2D eigenvalue weighted by Crippen LogP contribution is 2.25. The molecule has 0 atom stereocenters. The molecule has 3 aromatic carbocycles. The van der Waals surface area contributed by atoms with Crippen LogP contribution < -0.4 is 0 Å². The van der Waals surface area contributed by atoms with E-state index >= 15 is 0 Å². The fourth-order valence-corrected chi connectivity index (χ4v) is 3.75. The smallest absolute Gasteiger partial charge is 0.206 e. The summed E-state index contributed by atoms with van der Waals surface area (Å²) >= 11 is 3.40. The Hall–Kier alpha value is -1.91. The molecule has 0 spiro atoms. The molecule has 0 fully saturated rings. The molecule has 0 amide bonds. The first-order chi connectivity index (χ1) is 10.6. The van der Waals surface area contributed by atoms with Gasteiger partial charge in [0.25, 0.3) is 0 Å². The lowest BCUT2D eigenvalue weighted by atomic mass is 10.1. The molecule has 3 rings (SSSR count). The van der Waals surface area contributed by atoms with Gasteiger partial charge in [0.1, 0.15) is 0 Å². The molecule has 0 aliphatic rings. The standard InChI is InChI=1S/C18H13BrO2S/c19-16-10-6-14(7-11-16)15-8-12-18(13-9-15)22(20,21)17-4-2-1-3-5-17/h1-13H. The van der Waals surface area contributed by atoms with Gasteiger partial charge in [-0.15, -0.1) is 0 Å². The summed E-state index contributed by atoms with van der Waals surface area (Å²) in [5.41, 5.74) is 2.03. The highest BCUT2D eigenvalue weighted by molar-refractivity contribution is 9.10. The van der Waals surface area contributed by atoms with Crippen molar-refractivity contribution in [3.63, 3.8) is 0 Å². The zero-order chi connectivity index (χ0) is 15.6. The van der Waals surface area contributed by atoms with Crippen molar-refractivity contribution in [2.75, 3.05) is 0 Å². The Kier molecular flexibility index (Phi) is 4.14. The molecular formula is C18H13BrO2S. The van der Waals surface area contributed by atoms with Crippen LogP contribution in [0.25, 0.3) is 11.1 Å². The first-order valence-electron chi connectivity index (χ1n) is 6.73. The third-order valence-electron chi connectivity index (χ3n) is 3.40. The van der Waals surface area contributed by atoms with Crippen molar-refractivity contribution in [2.45, 2.75) is 9.79 Å². The molecule has 0 aliphatic heterocycles. The van der Waals surface area contributed by atoms with Gasteiger partial charge in [0.15, 0.2) is 0 Å². The molecule has 3 aromatic rings. The van der Waals surface area contributed by atoms with Gasteiger partial charge in [-0.25, -0.2) is 8.42 Å². The van der Waals surface area contributed by atoms with E-state index in [1.807, 2.05) is 36.4 Å². The average Bonchev–Trinajstić information content (AvgIpc) is 2.56. The highest BCUT2D eigenvalue weighted by atomic mass is 79.9. The molecule has 0 N–H and O–H groups in total. The lowest BCUT2D eigenvalue weighted by molar-refractivity contribution is 0.596. The van der Waals surface area contributed by atoms with E-state index in [4.69, 9.17) is 0 Å². The largest absolute Gasteiger partial charge is 0.219 e. The van der Waals surface area contributed by atoms with E-state index in [0.29, 0.717) is 9.79 Å². The Morgan fingerprint density at radius 2 is 1.05 bits per heavy atom. The fourth-order valence-electron chi connectivity index (χ4n) is 2.20. The van der Waals surface area contributed by atoms with Gasteiger partial charge in [0.2, 0.25) is 9.84 Å². The van der Waals surface area contributed by atoms with E-state index in [1.54, 1.807) is 42.5 Å². The molecule has 0 saturated carbocycles. The molecule has 0 aromatic heterocycles. The minimum atomic E-state index is -3.45. The zero-order valence-electron chi connectivity index (χ0n) is 11.6. The van der Waals surface area contributed by atoms with Crippen LogP contribution in [-0.2, 0) is 9.84 Å². The van der Waals surface area contributed by atoms with Crippen LogP contribution in [0.15, 0.2) is 93.1 Å². The minimum absolute atomic E-state index is 0.305. The molecule has 2 nitrogen and oxygen atoms in total. The van der Waals surface area contributed by atoms with Gasteiger partial charge in [-0.05, 0) is 47.5 Å². The first kappa shape index (κ1) is 15.0. The molecule has 4 heteroatoms. The van der Waals surface area contributed by atoms with Gasteiger partial charge in [-0.1, -0.05) is 58.4 Å². The summed E-state index contributed by atoms with van der Waals surface area (Å²) in [5.74, 6) is 0. The van der Waals surface area contributed by atoms with Crippen molar-refractivity contribution in [2.24, 2.45) is 0 Å². The van der Waals surface area contributed by atoms with Crippen LogP contribution in [0.1, 0.15) is 0 Å². The van der Waals surface area contributed by atoms with Crippen LogP contribution >= 0.6 is 15.9 Å². The van der Waals surface area contributed by atoms with Crippen LogP contribution in [0.2, 0.25) is 0 Å². The second kappa shape index (κ2) is 6.07. The normalized spacial score (nSPS) is 11.3. The molecule has 110 valence electrons. The molecule has 0 saturated heterocycles. The van der Waals surface area contributed by atoms with Gasteiger partial charge >= 0.3 is 0 Å². The monoisotopic (exact) mass is 372 g/mol. The van der Waals surface area contributed by atoms with E-state index in [9.17, 15) is 8.42 Å². The van der Waals surface area contributed by atoms with Crippen LogP contribution in [0.4, 0.5) is 0 Å². The van der Waals surface area contributed by atoms with Crippen molar-refractivity contribution < 1.29 is 8.42 Å². The topological polar surface area (TPSA) is 34.1 Å². The summed E-state index contributed by atoms with van der Waals surface area (Å²) in [7, 11) is -3.45. The molecule has 22 heavy (non-hydrogen) atoms. The van der Waals surface area contributed by atoms with Gasteiger partial charge in [0.05, 0.1) is 9.79 Å². The number of halogens is 1. The summed E-state index contributed by atoms with van der Waals surface area (Å²) in [6.45, 7) is 0. The number of hydrogen-bond donors (Lipinski definition) is 0.